The van der Waals surface area contributed by atoms with Gasteiger partial charge in [0.15, 0.2) is 11.5 Å². The van der Waals surface area contributed by atoms with Crippen molar-refractivity contribution in [3.63, 3.8) is 0 Å². The quantitative estimate of drug-likeness (QED) is 0.114. The third-order valence-electron chi connectivity index (χ3n) is 13.0. The number of hydrogen-bond acceptors (Lipinski definition) is 11. The molecule has 65 heavy (non-hydrogen) atoms. The number of ether oxygens (including phenoxy) is 3. The van der Waals surface area contributed by atoms with Crippen LogP contribution in [0.5, 0.6) is 23.0 Å². The van der Waals surface area contributed by atoms with Gasteiger partial charge in [-0.1, -0.05) is 65.7 Å². The molecule has 2 N–H and O–H groups in total. The lowest BCUT2D eigenvalue weighted by molar-refractivity contribution is -0.138. The Morgan fingerprint density at radius 3 is 2.37 bits per heavy atom. The summed E-state index contributed by atoms with van der Waals surface area (Å²) in [5, 5.41) is 13.6. The summed E-state index contributed by atoms with van der Waals surface area (Å²) in [6.45, 7) is 3.59. The number of phenols is 1. The van der Waals surface area contributed by atoms with E-state index in [4.69, 9.17) is 37.4 Å². The minimum absolute atomic E-state index is 0.0717. The summed E-state index contributed by atoms with van der Waals surface area (Å²) in [6.07, 6.45) is 3.57. The van der Waals surface area contributed by atoms with Gasteiger partial charge in [0.2, 0.25) is 0 Å². The zero-order valence-electron chi connectivity index (χ0n) is 35.7. The van der Waals surface area contributed by atoms with Gasteiger partial charge in [0, 0.05) is 48.6 Å². The van der Waals surface area contributed by atoms with Crippen molar-refractivity contribution in [1.82, 2.24) is 28.5 Å². The van der Waals surface area contributed by atoms with Crippen LogP contribution in [0.15, 0.2) is 111 Å². The minimum atomic E-state index is -1.72. The number of carbonyl (C=O) groups is 2. The average molecular weight is 921 g/mol. The predicted octanol–water partition coefficient (Wildman–Crippen LogP) is 5.69. The van der Waals surface area contributed by atoms with Crippen molar-refractivity contribution in [3.05, 3.63) is 161 Å². The maximum atomic E-state index is 15.6. The molecule has 4 aromatic carbocycles. The van der Waals surface area contributed by atoms with Gasteiger partial charge in [-0.3, -0.25) is 19.8 Å². The number of aromatic hydroxyl groups is 1. The number of para-hydroxylation sites is 1. The number of carbonyl (C=O) groups excluding carboxylic acids is 2. The molecule has 6 aromatic rings. The van der Waals surface area contributed by atoms with Gasteiger partial charge in [-0.05, 0) is 59.9 Å². The molecule has 0 bridgehead atoms. The Kier molecular flexibility index (Phi) is 11.0. The molecular weight excluding hydrogens is 877 g/mol. The lowest BCUT2D eigenvalue weighted by Gasteiger charge is -2.49. The Bertz CT molecular complexity index is 3190. The van der Waals surface area contributed by atoms with Crippen LogP contribution < -0.4 is 36.6 Å². The van der Waals surface area contributed by atoms with Crippen LogP contribution in [0.1, 0.15) is 40.8 Å². The van der Waals surface area contributed by atoms with Crippen LogP contribution in [0, 0.1) is 5.92 Å². The number of amides is 2. The van der Waals surface area contributed by atoms with Crippen molar-refractivity contribution in [2.45, 2.75) is 49.7 Å². The smallest absolute Gasteiger partial charge is 0.347 e. The van der Waals surface area contributed by atoms with Gasteiger partial charge in [-0.2, -0.15) is 5.01 Å². The molecule has 4 unspecified atom stereocenters. The molecule has 3 aliphatic rings. The molecular formula is C47H43Cl2N7O9. The molecule has 0 spiro atoms. The van der Waals surface area contributed by atoms with Crippen molar-refractivity contribution in [2.75, 3.05) is 26.8 Å². The fraction of sp³-hybridized carbons (Fsp3) is 0.277. The van der Waals surface area contributed by atoms with Crippen LogP contribution in [0.3, 0.4) is 0 Å². The highest BCUT2D eigenvalue weighted by molar-refractivity contribution is 6.36. The molecule has 1 saturated heterocycles. The maximum absolute atomic E-state index is 15.6. The normalized spacial score (nSPS) is 19.9. The van der Waals surface area contributed by atoms with Gasteiger partial charge in [0.1, 0.15) is 17.2 Å². The number of benzene rings is 4. The molecule has 4 atom stereocenters. The number of fused-ring (bicyclic) bond motifs is 5. The number of imide groups is 1. The number of hydrogen-bond donors (Lipinski definition) is 2. The molecule has 16 nitrogen and oxygen atoms in total. The fourth-order valence-electron chi connectivity index (χ4n) is 9.94. The zero-order chi connectivity index (χ0) is 46.1. The molecule has 1 saturated carbocycles. The Balaban J connectivity index is 1.20. The Hall–Kier alpha value is -7.04. The molecule has 9 rings (SSSR count). The van der Waals surface area contributed by atoms with Crippen molar-refractivity contribution in [1.29, 1.82) is 0 Å². The van der Waals surface area contributed by atoms with E-state index in [1.165, 1.54) is 41.3 Å². The van der Waals surface area contributed by atoms with E-state index in [1.54, 1.807) is 85.9 Å². The molecule has 18 heteroatoms. The maximum Gasteiger partial charge on any atom is 0.347 e. The molecule has 4 heterocycles. The molecule has 334 valence electrons. The topological polar surface area (TPSA) is 181 Å². The second kappa shape index (κ2) is 16.5. The number of aryl methyl sites for hydroxylation is 2. The first kappa shape index (κ1) is 43.2. The lowest BCUT2D eigenvalue weighted by atomic mass is 9.53. The van der Waals surface area contributed by atoms with Gasteiger partial charge in [0.25, 0.3) is 17.4 Å². The standard InChI is InChI=1S/C47H43Cl2N7O9/c1-6-8-25-9-7-10-30(41(25)57)40-29-17-20-54-45(61)53(19-18-34-43(59)52(2)37-24-39(65-5)38(64-4)23-35(37)50-34)46(62)56(54)36(29)22-31-42(58)55(51-33-16-13-27(48)21-32(33)49)44(60)47(31,40)26-11-14-28(63-3)15-12-26/h6-7,9-17,21,23-24,31,36,40,51,57H,1,8,18-20,22H2,2-5H3. The van der Waals surface area contributed by atoms with E-state index in [9.17, 15) is 19.5 Å². The first-order chi connectivity index (χ1) is 31.3. The van der Waals surface area contributed by atoms with Crippen molar-refractivity contribution in [2.24, 2.45) is 13.0 Å². The van der Waals surface area contributed by atoms with Crippen LogP contribution in [0.25, 0.3) is 11.0 Å². The van der Waals surface area contributed by atoms with Crippen molar-refractivity contribution >= 4 is 51.7 Å². The third-order valence-corrected chi connectivity index (χ3v) is 13.5. The van der Waals surface area contributed by atoms with Gasteiger partial charge >= 0.3 is 11.4 Å². The number of halogens is 2. The molecule has 2 aromatic heterocycles. The number of phenolic OH excluding ortho intramolecular Hbond substituents is 1. The largest absolute Gasteiger partial charge is 0.507 e. The van der Waals surface area contributed by atoms with Crippen LogP contribution in [0.4, 0.5) is 5.69 Å². The van der Waals surface area contributed by atoms with Gasteiger partial charge in [-0.15, -0.1) is 6.58 Å². The Labute approximate surface area is 381 Å². The van der Waals surface area contributed by atoms with E-state index < -0.39 is 52.0 Å². The Morgan fingerprint density at radius 2 is 1.68 bits per heavy atom. The number of aromatic nitrogens is 5. The average Bonchev–Trinajstić information content (AvgIpc) is 3.68. The molecule has 2 fully saturated rings. The second-order valence-electron chi connectivity index (χ2n) is 16.1. The van der Waals surface area contributed by atoms with Crippen LogP contribution >= 0.6 is 23.2 Å². The number of hydrazine groups is 1. The number of anilines is 1. The number of nitrogens with zero attached hydrogens (tertiary/aromatic N) is 6. The summed E-state index contributed by atoms with van der Waals surface area (Å²) in [5.74, 6) is -2.26. The zero-order valence-corrected chi connectivity index (χ0v) is 37.2. The number of rotatable bonds is 12. The van der Waals surface area contributed by atoms with E-state index in [0.717, 1.165) is 9.58 Å². The first-order valence-corrected chi connectivity index (χ1v) is 21.4. The highest BCUT2D eigenvalue weighted by Crippen LogP contribution is 2.63. The first-order valence-electron chi connectivity index (χ1n) is 20.7. The monoisotopic (exact) mass is 919 g/mol. The van der Waals surface area contributed by atoms with E-state index in [1.807, 2.05) is 0 Å². The van der Waals surface area contributed by atoms with E-state index in [-0.39, 0.29) is 48.1 Å². The molecule has 0 radical (unpaired) electrons. The summed E-state index contributed by atoms with van der Waals surface area (Å²) >= 11 is 12.8. The summed E-state index contributed by atoms with van der Waals surface area (Å²) in [7, 11) is 6.09. The summed E-state index contributed by atoms with van der Waals surface area (Å²) in [4.78, 5) is 78.1. The van der Waals surface area contributed by atoms with Crippen LogP contribution in [-0.4, -0.2) is 66.7 Å². The van der Waals surface area contributed by atoms with E-state index in [2.05, 4.69) is 17.0 Å². The summed E-state index contributed by atoms with van der Waals surface area (Å²) < 4.78 is 21.5. The van der Waals surface area contributed by atoms with Crippen molar-refractivity contribution < 1.29 is 28.9 Å². The van der Waals surface area contributed by atoms with Crippen molar-refractivity contribution in [3.8, 4) is 23.0 Å². The molecule has 1 aliphatic carbocycles. The molecule has 2 amide bonds. The summed E-state index contributed by atoms with van der Waals surface area (Å²) in [5.41, 5.74) is 2.68. The van der Waals surface area contributed by atoms with E-state index >= 15 is 9.59 Å². The number of nitrogens with one attached hydrogen (secondary N) is 1. The van der Waals surface area contributed by atoms with Gasteiger partial charge < -0.3 is 23.9 Å². The van der Waals surface area contributed by atoms with Crippen LogP contribution in [-0.2, 0) is 48.0 Å². The number of allylic oxidation sites excluding steroid dienone is 3. The third kappa shape index (κ3) is 6.64. The van der Waals surface area contributed by atoms with Gasteiger partial charge in [0.05, 0.1) is 67.0 Å². The van der Waals surface area contributed by atoms with Crippen LogP contribution in [0.2, 0.25) is 10.0 Å². The fourth-order valence-corrected chi connectivity index (χ4v) is 10.4. The highest BCUT2D eigenvalue weighted by atomic mass is 35.5. The Morgan fingerprint density at radius 1 is 0.938 bits per heavy atom. The number of methoxy groups -OCH3 is 3. The van der Waals surface area contributed by atoms with Gasteiger partial charge in [-0.25, -0.2) is 28.5 Å². The second-order valence-corrected chi connectivity index (χ2v) is 17.0. The highest BCUT2D eigenvalue weighted by Gasteiger charge is 2.69. The van der Waals surface area contributed by atoms with E-state index in [0.29, 0.717) is 62.0 Å². The SMILES string of the molecule is C=CCc1cccc(C2C3=CCn4c(=O)n(CCc5nc6cc(OC)c(OC)cc6n(C)c5=O)c(=O)n4C3CC3C(=O)N(Nc4ccc(Cl)cc4Cl)C(=O)C32c2ccc(OC)cc2)c1O. The summed E-state index contributed by atoms with van der Waals surface area (Å²) in [6, 6.07) is 19.0. The molecule has 2 aliphatic heterocycles. The predicted molar refractivity (Wildman–Crippen MR) is 243 cm³/mol. The lowest BCUT2D eigenvalue weighted by Crippen LogP contribution is -2.53. The minimum Gasteiger partial charge on any atom is -0.507 e.